The van der Waals surface area contributed by atoms with Crippen molar-refractivity contribution in [2.24, 2.45) is 11.5 Å². The summed E-state index contributed by atoms with van der Waals surface area (Å²) in [5.74, 6) is -8.94. The van der Waals surface area contributed by atoms with E-state index in [4.69, 9.17) is 16.6 Å². The lowest BCUT2D eigenvalue weighted by atomic mass is 10.0. The van der Waals surface area contributed by atoms with Gasteiger partial charge in [0.15, 0.2) is 0 Å². The van der Waals surface area contributed by atoms with Crippen molar-refractivity contribution < 1.29 is 58.8 Å². The Hall–Kier alpha value is -5.92. The number of aliphatic hydroxyl groups excluding tert-OH is 1. The molecule has 0 aromatic heterocycles. The molecule has 13 N–H and O–H groups in total. The van der Waals surface area contributed by atoms with Gasteiger partial charge in [-0.15, -0.1) is 0 Å². The fraction of sp³-hybridized carbons (Fsp3) is 0.444. The number of carbonyl (C=O) groups excluding carboxylic acids is 5. The first-order valence-corrected chi connectivity index (χ1v) is 17.5. The molecule has 0 saturated carbocycles. The van der Waals surface area contributed by atoms with Gasteiger partial charge >= 0.3 is 17.9 Å². The molecule has 0 aliphatic carbocycles. The predicted octanol–water partition coefficient (Wildman–Crippen LogP) is -2.23. The van der Waals surface area contributed by atoms with Gasteiger partial charge in [0.1, 0.15) is 30.2 Å². The average Bonchev–Trinajstić information content (AvgIpc) is 3.14. The molecule has 0 aliphatic heterocycles. The molecule has 0 aliphatic rings. The van der Waals surface area contributed by atoms with E-state index in [0.717, 1.165) is 0 Å². The standard InChI is InChI=1S/C36H49N7O12/c37-16-8-7-13-24(39-31(49)23(38)19-30(47)48)32(50)41-26(17-21-9-3-1-4-10-21)34(52)43-28(20-44)35(53)40-25(14-15-29(45)46)33(51)42-27(36(54)55)18-22-11-5-2-6-12-22/h1-6,9-12,23-28,44H,7-8,13-20,37-38H2,(H,39,49)(H,40,53)(H,41,50)(H,42,51)(H,43,52)(H,45,46)(H,47,48)(H,54,55)/t23-,24-,25-,26-,27-,28-/m0/s1. The zero-order valence-corrected chi connectivity index (χ0v) is 30.0. The van der Waals surface area contributed by atoms with Crippen LogP contribution in [-0.4, -0.2) is 117 Å². The zero-order chi connectivity index (χ0) is 40.9. The number of hydrogen-bond donors (Lipinski definition) is 11. The number of rotatable bonds is 25. The maximum absolute atomic E-state index is 13.7. The van der Waals surface area contributed by atoms with Crippen LogP contribution in [0.15, 0.2) is 60.7 Å². The summed E-state index contributed by atoms with van der Waals surface area (Å²) in [5.41, 5.74) is 12.4. The van der Waals surface area contributed by atoms with Gasteiger partial charge in [0.2, 0.25) is 29.5 Å². The molecule has 0 bridgehead atoms. The van der Waals surface area contributed by atoms with Crippen molar-refractivity contribution in [1.82, 2.24) is 26.6 Å². The molecule has 300 valence electrons. The van der Waals surface area contributed by atoms with E-state index in [1.54, 1.807) is 60.7 Å². The van der Waals surface area contributed by atoms with Gasteiger partial charge in [-0.1, -0.05) is 60.7 Å². The molecule has 2 aromatic carbocycles. The number of benzene rings is 2. The highest BCUT2D eigenvalue weighted by atomic mass is 16.4. The molecule has 0 fully saturated rings. The SMILES string of the molecule is NCCCC[C@H](NC(=O)[C@@H](N)CC(=O)O)C(=O)N[C@@H](Cc1ccccc1)C(=O)N[C@@H](CO)C(=O)N[C@@H](CCC(=O)O)C(=O)N[C@@H](Cc1ccccc1)C(=O)O. The first kappa shape index (κ1) is 45.2. The Kier molecular flexibility index (Phi) is 19.5. The first-order chi connectivity index (χ1) is 26.1. The summed E-state index contributed by atoms with van der Waals surface area (Å²) in [6.07, 6.45) is -1.18. The van der Waals surface area contributed by atoms with E-state index in [1.807, 2.05) is 0 Å². The molecule has 55 heavy (non-hydrogen) atoms. The maximum Gasteiger partial charge on any atom is 0.326 e. The van der Waals surface area contributed by atoms with Crippen LogP contribution in [0.2, 0.25) is 0 Å². The number of aliphatic carboxylic acids is 3. The Bertz CT molecular complexity index is 1610. The van der Waals surface area contributed by atoms with Crippen LogP contribution in [0.5, 0.6) is 0 Å². The lowest BCUT2D eigenvalue weighted by molar-refractivity contribution is -0.143. The van der Waals surface area contributed by atoms with Crippen molar-refractivity contribution in [2.45, 2.75) is 87.6 Å². The number of carboxylic acid groups (broad SMARTS) is 3. The second-order valence-electron chi connectivity index (χ2n) is 12.6. The van der Waals surface area contributed by atoms with E-state index in [0.29, 0.717) is 24.0 Å². The van der Waals surface area contributed by atoms with Gasteiger partial charge in [-0.3, -0.25) is 33.6 Å². The largest absolute Gasteiger partial charge is 0.481 e. The monoisotopic (exact) mass is 771 g/mol. The molecular weight excluding hydrogens is 722 g/mol. The van der Waals surface area contributed by atoms with Crippen molar-refractivity contribution in [3.05, 3.63) is 71.8 Å². The molecule has 0 radical (unpaired) electrons. The summed E-state index contributed by atoms with van der Waals surface area (Å²) in [6, 6.07) is 7.76. The fourth-order valence-electron chi connectivity index (χ4n) is 5.25. The van der Waals surface area contributed by atoms with Crippen LogP contribution in [0.25, 0.3) is 0 Å². The van der Waals surface area contributed by atoms with E-state index in [2.05, 4.69) is 26.6 Å². The van der Waals surface area contributed by atoms with Crippen molar-refractivity contribution in [3.8, 4) is 0 Å². The van der Waals surface area contributed by atoms with E-state index in [9.17, 15) is 53.7 Å². The number of nitrogens with one attached hydrogen (secondary N) is 5. The van der Waals surface area contributed by atoms with Gasteiger partial charge in [-0.25, -0.2) is 4.79 Å². The van der Waals surface area contributed by atoms with Gasteiger partial charge in [0.25, 0.3) is 0 Å². The van der Waals surface area contributed by atoms with Gasteiger partial charge < -0.3 is 58.5 Å². The van der Waals surface area contributed by atoms with Crippen molar-refractivity contribution in [2.75, 3.05) is 13.2 Å². The first-order valence-electron chi connectivity index (χ1n) is 17.5. The van der Waals surface area contributed by atoms with E-state index < -0.39 is 110 Å². The summed E-state index contributed by atoms with van der Waals surface area (Å²) in [5, 5.41) is 50.0. The maximum atomic E-state index is 13.7. The predicted molar refractivity (Wildman–Crippen MR) is 195 cm³/mol. The molecule has 0 heterocycles. The third-order valence-corrected chi connectivity index (χ3v) is 8.22. The van der Waals surface area contributed by atoms with Gasteiger partial charge in [0, 0.05) is 19.3 Å². The van der Waals surface area contributed by atoms with Crippen LogP contribution in [0.4, 0.5) is 0 Å². The molecule has 0 spiro atoms. The highest BCUT2D eigenvalue weighted by Crippen LogP contribution is 2.09. The zero-order valence-electron chi connectivity index (χ0n) is 30.0. The van der Waals surface area contributed by atoms with Crippen LogP contribution in [0, 0.1) is 0 Å². The summed E-state index contributed by atoms with van der Waals surface area (Å²) in [6.45, 7) is -0.737. The summed E-state index contributed by atoms with van der Waals surface area (Å²) in [4.78, 5) is 101. The number of nitrogens with two attached hydrogens (primary N) is 2. The number of carboxylic acids is 3. The topological polar surface area (TPSA) is 330 Å². The second-order valence-corrected chi connectivity index (χ2v) is 12.6. The van der Waals surface area contributed by atoms with Crippen molar-refractivity contribution in [3.63, 3.8) is 0 Å². The minimum absolute atomic E-state index is 0.0454. The van der Waals surface area contributed by atoms with Crippen LogP contribution in [0.3, 0.4) is 0 Å². The third-order valence-electron chi connectivity index (χ3n) is 8.22. The lowest BCUT2D eigenvalue weighted by Gasteiger charge is -2.26. The van der Waals surface area contributed by atoms with Crippen LogP contribution in [-0.2, 0) is 51.2 Å². The molecule has 5 amide bonds. The highest BCUT2D eigenvalue weighted by molar-refractivity contribution is 5.97. The molecular formula is C36H49N7O12. The van der Waals surface area contributed by atoms with Gasteiger partial charge in [-0.05, 0) is 43.4 Å². The van der Waals surface area contributed by atoms with Crippen molar-refractivity contribution in [1.29, 1.82) is 0 Å². The van der Waals surface area contributed by atoms with E-state index in [1.165, 1.54) is 0 Å². The van der Waals surface area contributed by atoms with E-state index in [-0.39, 0.29) is 25.8 Å². The number of carbonyl (C=O) groups is 8. The Morgan fingerprint density at radius 3 is 1.47 bits per heavy atom. The Labute approximate surface area is 316 Å². The molecule has 2 rings (SSSR count). The molecule has 0 unspecified atom stereocenters. The third kappa shape index (κ3) is 16.7. The Balaban J connectivity index is 2.29. The smallest absolute Gasteiger partial charge is 0.326 e. The van der Waals surface area contributed by atoms with Crippen LogP contribution >= 0.6 is 0 Å². The van der Waals surface area contributed by atoms with Crippen molar-refractivity contribution >= 4 is 47.4 Å². The Morgan fingerprint density at radius 2 is 0.982 bits per heavy atom. The van der Waals surface area contributed by atoms with Gasteiger partial charge in [0.05, 0.1) is 19.1 Å². The average molecular weight is 772 g/mol. The minimum Gasteiger partial charge on any atom is -0.481 e. The highest BCUT2D eigenvalue weighted by Gasteiger charge is 2.33. The molecule has 6 atom stereocenters. The second kappa shape index (κ2) is 23.7. The minimum atomic E-state index is -1.74. The quantitative estimate of drug-likeness (QED) is 0.0476. The number of unbranched alkanes of at least 4 members (excludes halogenated alkanes) is 1. The summed E-state index contributed by atoms with van der Waals surface area (Å²) in [7, 11) is 0. The number of aliphatic hydroxyl groups is 1. The fourth-order valence-corrected chi connectivity index (χ4v) is 5.25. The molecule has 2 aromatic rings. The Morgan fingerprint density at radius 1 is 0.545 bits per heavy atom. The van der Waals surface area contributed by atoms with Crippen LogP contribution in [0.1, 0.15) is 49.7 Å². The summed E-state index contributed by atoms with van der Waals surface area (Å²) >= 11 is 0. The molecule has 0 saturated heterocycles. The normalized spacial score (nSPS) is 14.1. The number of hydrogen-bond acceptors (Lipinski definition) is 11. The molecule has 19 nitrogen and oxygen atoms in total. The van der Waals surface area contributed by atoms with Crippen LogP contribution < -0.4 is 38.1 Å². The lowest BCUT2D eigenvalue weighted by Crippen LogP contribution is -2.60. The van der Waals surface area contributed by atoms with Gasteiger partial charge in [-0.2, -0.15) is 0 Å². The van der Waals surface area contributed by atoms with E-state index >= 15 is 0 Å². The molecule has 19 heteroatoms. The number of amides is 5. The summed E-state index contributed by atoms with van der Waals surface area (Å²) < 4.78 is 0.